The molecule has 8 heteroatoms. The Morgan fingerprint density at radius 3 is 2.51 bits per heavy atom. The summed E-state index contributed by atoms with van der Waals surface area (Å²) in [5.74, 6) is -0.888. The molecule has 2 heterocycles. The van der Waals surface area contributed by atoms with Gasteiger partial charge in [0, 0.05) is 0 Å². The molecule has 35 heavy (non-hydrogen) atoms. The van der Waals surface area contributed by atoms with Gasteiger partial charge in [0.1, 0.15) is 12.1 Å². The molecule has 2 aliphatic rings. The summed E-state index contributed by atoms with van der Waals surface area (Å²) in [4.78, 5) is 40.0. The molecule has 1 aliphatic carbocycles. The molecule has 0 bridgehead atoms. The number of hydrogen-bond acceptors (Lipinski definition) is 4. The number of anilines is 1. The van der Waals surface area contributed by atoms with E-state index in [1.54, 1.807) is 11.6 Å². The van der Waals surface area contributed by atoms with Crippen LogP contribution in [0.25, 0.3) is 5.69 Å². The van der Waals surface area contributed by atoms with Gasteiger partial charge in [0.2, 0.25) is 5.91 Å². The predicted molar refractivity (Wildman–Crippen MR) is 132 cm³/mol. The Kier molecular flexibility index (Phi) is 5.46. The van der Waals surface area contributed by atoms with Gasteiger partial charge >= 0.3 is 6.03 Å². The van der Waals surface area contributed by atoms with E-state index in [9.17, 15) is 14.4 Å². The molecule has 2 N–H and O–H groups in total. The zero-order valence-electron chi connectivity index (χ0n) is 20.4. The zero-order chi connectivity index (χ0) is 24.9. The van der Waals surface area contributed by atoms with E-state index < -0.39 is 23.4 Å². The number of aryl methyl sites for hydroxylation is 4. The SMILES string of the molecule is Cc1ccc(-n2nc(C)c(NC(=O)CN3C(=O)N[C@](C)(c4ccc5c(c4)CCC5)C3=O)c2C)cc1. The summed E-state index contributed by atoms with van der Waals surface area (Å²) >= 11 is 0. The molecule has 4 amide bonds. The van der Waals surface area contributed by atoms with Crippen molar-refractivity contribution in [1.82, 2.24) is 20.0 Å². The Hall–Kier alpha value is -3.94. The number of aromatic nitrogens is 2. The molecule has 1 aliphatic heterocycles. The summed E-state index contributed by atoms with van der Waals surface area (Å²) in [5, 5.41) is 10.2. The molecule has 0 unspecified atom stereocenters. The molecule has 1 aromatic heterocycles. The average molecular weight is 472 g/mol. The van der Waals surface area contributed by atoms with Crippen LogP contribution in [-0.4, -0.2) is 39.1 Å². The first-order chi connectivity index (χ1) is 16.7. The Balaban J connectivity index is 1.33. The quantitative estimate of drug-likeness (QED) is 0.555. The van der Waals surface area contributed by atoms with E-state index >= 15 is 0 Å². The number of urea groups is 1. The standard InChI is InChI=1S/C27H29N5O3/c1-16-8-12-22(13-9-16)32-18(3)24(17(2)30-32)28-23(33)15-31-25(34)27(4,29-26(31)35)21-11-10-19-6-5-7-20(19)14-21/h8-14H,5-7,15H2,1-4H3,(H,28,33)(H,29,35)/t27-/m1/s1. The second-order valence-electron chi connectivity index (χ2n) is 9.62. The van der Waals surface area contributed by atoms with Gasteiger partial charge in [-0.15, -0.1) is 0 Å². The van der Waals surface area contributed by atoms with Crippen molar-refractivity contribution in [3.8, 4) is 5.69 Å². The van der Waals surface area contributed by atoms with Gasteiger partial charge in [0.05, 0.1) is 22.8 Å². The van der Waals surface area contributed by atoms with E-state index in [1.807, 2.05) is 63.2 Å². The van der Waals surface area contributed by atoms with Crippen molar-refractivity contribution in [2.75, 3.05) is 11.9 Å². The molecular weight excluding hydrogens is 442 g/mol. The van der Waals surface area contributed by atoms with Crippen LogP contribution in [0.1, 0.15) is 47.0 Å². The van der Waals surface area contributed by atoms with Gasteiger partial charge in [-0.2, -0.15) is 5.10 Å². The molecule has 5 rings (SSSR count). The fourth-order valence-electron chi connectivity index (χ4n) is 5.00. The average Bonchev–Trinajstić information content (AvgIpc) is 3.47. The zero-order valence-corrected chi connectivity index (χ0v) is 20.4. The van der Waals surface area contributed by atoms with E-state index in [0.29, 0.717) is 11.4 Å². The third kappa shape index (κ3) is 3.88. The van der Waals surface area contributed by atoms with Crippen molar-refractivity contribution in [1.29, 1.82) is 0 Å². The lowest BCUT2D eigenvalue weighted by Gasteiger charge is -2.23. The summed E-state index contributed by atoms with van der Waals surface area (Å²) in [7, 11) is 0. The molecule has 1 atom stereocenters. The monoisotopic (exact) mass is 471 g/mol. The number of rotatable bonds is 5. The highest BCUT2D eigenvalue weighted by Gasteiger charge is 2.49. The minimum Gasteiger partial charge on any atom is -0.321 e. The van der Waals surface area contributed by atoms with Gasteiger partial charge in [-0.1, -0.05) is 35.9 Å². The first-order valence-electron chi connectivity index (χ1n) is 11.9. The maximum absolute atomic E-state index is 13.3. The van der Waals surface area contributed by atoms with Crippen molar-refractivity contribution in [3.63, 3.8) is 0 Å². The number of nitrogens with zero attached hydrogens (tertiary/aromatic N) is 3. The summed E-state index contributed by atoms with van der Waals surface area (Å²) in [6.45, 7) is 7.02. The Labute approximate surface area is 204 Å². The summed E-state index contributed by atoms with van der Waals surface area (Å²) in [6.07, 6.45) is 3.11. The molecule has 1 fully saturated rings. The fraction of sp³-hybridized carbons (Fsp3) is 0.333. The van der Waals surface area contributed by atoms with E-state index in [-0.39, 0.29) is 6.54 Å². The Morgan fingerprint density at radius 1 is 1.06 bits per heavy atom. The second kappa shape index (κ2) is 8.37. The Morgan fingerprint density at radius 2 is 1.77 bits per heavy atom. The van der Waals surface area contributed by atoms with E-state index in [2.05, 4.69) is 15.7 Å². The first kappa shape index (κ1) is 22.8. The van der Waals surface area contributed by atoms with Crippen LogP contribution in [0.3, 0.4) is 0 Å². The van der Waals surface area contributed by atoms with Gasteiger partial charge < -0.3 is 10.6 Å². The summed E-state index contributed by atoms with van der Waals surface area (Å²) < 4.78 is 1.77. The molecule has 180 valence electrons. The van der Waals surface area contributed by atoms with Crippen LogP contribution >= 0.6 is 0 Å². The van der Waals surface area contributed by atoms with Crippen LogP contribution in [0.4, 0.5) is 10.5 Å². The molecule has 0 saturated carbocycles. The van der Waals surface area contributed by atoms with Crippen LogP contribution in [0.5, 0.6) is 0 Å². The summed E-state index contributed by atoms with van der Waals surface area (Å²) in [5.41, 5.74) is 6.07. The van der Waals surface area contributed by atoms with E-state index in [1.165, 1.54) is 11.1 Å². The highest BCUT2D eigenvalue weighted by Crippen LogP contribution is 2.32. The number of amides is 4. The molecular formula is C27H29N5O3. The molecule has 0 spiro atoms. The highest BCUT2D eigenvalue weighted by molar-refractivity contribution is 6.10. The van der Waals surface area contributed by atoms with Crippen LogP contribution in [0.15, 0.2) is 42.5 Å². The van der Waals surface area contributed by atoms with Crippen LogP contribution in [0.2, 0.25) is 0 Å². The summed E-state index contributed by atoms with van der Waals surface area (Å²) in [6, 6.07) is 13.3. The Bertz CT molecular complexity index is 1360. The normalized spacial score (nSPS) is 19.1. The predicted octanol–water partition coefficient (Wildman–Crippen LogP) is 3.69. The van der Waals surface area contributed by atoms with Crippen LogP contribution < -0.4 is 10.6 Å². The molecule has 3 aromatic rings. The minimum atomic E-state index is -1.20. The first-order valence-corrected chi connectivity index (χ1v) is 11.9. The van der Waals surface area contributed by atoms with Gasteiger partial charge in [-0.25, -0.2) is 9.48 Å². The van der Waals surface area contributed by atoms with Gasteiger partial charge in [-0.05, 0) is 75.8 Å². The third-order valence-corrected chi connectivity index (χ3v) is 7.09. The van der Waals surface area contributed by atoms with Crippen molar-refractivity contribution >= 4 is 23.5 Å². The van der Waals surface area contributed by atoms with Crippen molar-refractivity contribution in [3.05, 3.63) is 76.1 Å². The number of benzene rings is 2. The molecule has 2 aromatic carbocycles. The number of nitrogens with one attached hydrogen (secondary N) is 2. The number of carbonyl (C=O) groups is 3. The number of hydrogen-bond donors (Lipinski definition) is 2. The van der Waals surface area contributed by atoms with Crippen molar-refractivity contribution in [2.24, 2.45) is 0 Å². The molecule has 0 radical (unpaired) electrons. The fourth-order valence-corrected chi connectivity index (χ4v) is 5.00. The maximum Gasteiger partial charge on any atom is 0.325 e. The number of fused-ring (bicyclic) bond motifs is 1. The molecule has 8 nitrogen and oxygen atoms in total. The largest absolute Gasteiger partial charge is 0.325 e. The lowest BCUT2D eigenvalue weighted by atomic mass is 9.89. The molecule has 1 saturated heterocycles. The lowest BCUT2D eigenvalue weighted by molar-refractivity contribution is -0.133. The number of imide groups is 1. The third-order valence-electron chi connectivity index (χ3n) is 7.09. The van der Waals surface area contributed by atoms with E-state index in [4.69, 9.17) is 0 Å². The topological polar surface area (TPSA) is 96.3 Å². The van der Waals surface area contributed by atoms with Crippen LogP contribution in [0, 0.1) is 20.8 Å². The highest BCUT2D eigenvalue weighted by atomic mass is 16.2. The minimum absolute atomic E-state index is 0.375. The second-order valence-corrected chi connectivity index (χ2v) is 9.62. The van der Waals surface area contributed by atoms with Gasteiger partial charge in [0.15, 0.2) is 0 Å². The number of carbonyl (C=O) groups excluding carboxylic acids is 3. The van der Waals surface area contributed by atoms with E-state index in [0.717, 1.165) is 46.7 Å². The lowest BCUT2D eigenvalue weighted by Crippen LogP contribution is -2.42. The van der Waals surface area contributed by atoms with Crippen LogP contribution in [-0.2, 0) is 28.0 Å². The van der Waals surface area contributed by atoms with Gasteiger partial charge in [-0.3, -0.25) is 14.5 Å². The van der Waals surface area contributed by atoms with Gasteiger partial charge in [0.25, 0.3) is 5.91 Å². The van der Waals surface area contributed by atoms with Crippen molar-refractivity contribution in [2.45, 2.75) is 52.5 Å². The smallest absolute Gasteiger partial charge is 0.321 e. The van der Waals surface area contributed by atoms with Crippen molar-refractivity contribution < 1.29 is 14.4 Å². The maximum atomic E-state index is 13.3.